The Labute approximate surface area is 147 Å². The van der Waals surface area contributed by atoms with Crippen LogP contribution in [0.25, 0.3) is 22.0 Å². The number of nitrogens with one attached hydrogen (secondary N) is 1. The lowest BCUT2D eigenvalue weighted by Gasteiger charge is -2.30. The molecule has 0 spiro atoms. The van der Waals surface area contributed by atoms with Gasteiger partial charge in [-0.2, -0.15) is 0 Å². The van der Waals surface area contributed by atoms with Gasteiger partial charge in [0.25, 0.3) is 0 Å². The molecule has 0 bridgehead atoms. The number of benzene rings is 3. The van der Waals surface area contributed by atoms with E-state index in [1.807, 2.05) is 6.08 Å². The smallest absolute Gasteiger partial charge is 0.0648 e. The summed E-state index contributed by atoms with van der Waals surface area (Å²) in [5.74, 6) is 0. The zero-order chi connectivity index (χ0) is 16.9. The van der Waals surface area contributed by atoms with Gasteiger partial charge in [-0.15, -0.1) is 6.58 Å². The fourth-order valence-electron chi connectivity index (χ4n) is 4.47. The van der Waals surface area contributed by atoms with Crippen molar-refractivity contribution in [3.05, 3.63) is 108 Å². The summed E-state index contributed by atoms with van der Waals surface area (Å²) in [6.45, 7) is 4.08. The van der Waals surface area contributed by atoms with Gasteiger partial charge < -0.3 is 4.98 Å². The van der Waals surface area contributed by atoms with Gasteiger partial charge in [0.1, 0.15) is 0 Å². The first-order valence-corrected chi connectivity index (χ1v) is 8.73. The number of aromatic nitrogens is 1. The summed E-state index contributed by atoms with van der Waals surface area (Å²) in [7, 11) is 0. The molecule has 1 nitrogen and oxygen atoms in total. The third-order valence-electron chi connectivity index (χ3n) is 5.50. The number of hydrogen-bond donors (Lipinski definition) is 1. The van der Waals surface area contributed by atoms with Gasteiger partial charge >= 0.3 is 0 Å². The second-order valence-corrected chi connectivity index (χ2v) is 6.76. The predicted octanol–water partition coefficient (Wildman–Crippen LogP) is 6.06. The van der Waals surface area contributed by atoms with Gasteiger partial charge in [-0.25, -0.2) is 0 Å². The minimum atomic E-state index is -0.200. The molecular weight excluding hydrogens is 302 g/mol. The number of rotatable bonds is 3. The first-order chi connectivity index (χ1) is 12.3. The van der Waals surface area contributed by atoms with E-state index in [2.05, 4.69) is 90.4 Å². The van der Waals surface area contributed by atoms with Gasteiger partial charge in [0, 0.05) is 11.2 Å². The van der Waals surface area contributed by atoms with Crippen molar-refractivity contribution in [2.45, 2.75) is 11.8 Å². The lowest BCUT2D eigenvalue weighted by atomic mass is 9.73. The van der Waals surface area contributed by atoms with Crippen LogP contribution in [0.1, 0.15) is 23.2 Å². The van der Waals surface area contributed by atoms with Crippen molar-refractivity contribution >= 4 is 10.9 Å². The Balaban J connectivity index is 1.90. The van der Waals surface area contributed by atoms with E-state index in [4.69, 9.17) is 0 Å². The highest BCUT2D eigenvalue weighted by molar-refractivity contribution is 5.86. The van der Waals surface area contributed by atoms with E-state index in [9.17, 15) is 0 Å². The molecule has 1 N–H and O–H groups in total. The molecule has 1 aliphatic rings. The van der Waals surface area contributed by atoms with E-state index < -0.39 is 0 Å². The first-order valence-electron chi connectivity index (χ1n) is 8.73. The lowest BCUT2D eigenvalue weighted by Crippen LogP contribution is -2.26. The second-order valence-electron chi connectivity index (χ2n) is 6.76. The van der Waals surface area contributed by atoms with Crippen LogP contribution in [0, 0.1) is 0 Å². The normalized spacial score (nSPS) is 14.2. The number of allylic oxidation sites excluding steroid dienone is 1. The molecule has 5 rings (SSSR count). The predicted molar refractivity (Wildman–Crippen MR) is 105 cm³/mol. The molecule has 1 aromatic heterocycles. The van der Waals surface area contributed by atoms with Crippen molar-refractivity contribution in [1.29, 1.82) is 0 Å². The Morgan fingerprint density at radius 2 is 1.40 bits per heavy atom. The van der Waals surface area contributed by atoms with Crippen LogP contribution in [0.2, 0.25) is 0 Å². The number of para-hydroxylation sites is 1. The number of fused-ring (bicyclic) bond motifs is 4. The van der Waals surface area contributed by atoms with Crippen LogP contribution in [0.5, 0.6) is 0 Å². The summed E-state index contributed by atoms with van der Waals surface area (Å²) in [5.41, 5.74) is 7.62. The van der Waals surface area contributed by atoms with Crippen molar-refractivity contribution in [2.75, 3.05) is 0 Å². The maximum atomic E-state index is 4.08. The van der Waals surface area contributed by atoms with Gasteiger partial charge in [-0.1, -0.05) is 72.8 Å². The molecule has 0 aliphatic heterocycles. The van der Waals surface area contributed by atoms with E-state index in [1.165, 1.54) is 38.9 Å². The van der Waals surface area contributed by atoms with E-state index in [-0.39, 0.29) is 5.41 Å². The molecule has 1 heterocycles. The Morgan fingerprint density at radius 3 is 2.04 bits per heavy atom. The van der Waals surface area contributed by atoms with E-state index in [0.717, 1.165) is 6.42 Å². The molecule has 0 saturated heterocycles. The van der Waals surface area contributed by atoms with Crippen molar-refractivity contribution in [3.8, 4) is 11.1 Å². The molecule has 1 aliphatic carbocycles. The van der Waals surface area contributed by atoms with Crippen LogP contribution in [0.4, 0.5) is 0 Å². The van der Waals surface area contributed by atoms with E-state index >= 15 is 0 Å². The topological polar surface area (TPSA) is 15.8 Å². The van der Waals surface area contributed by atoms with Crippen molar-refractivity contribution in [3.63, 3.8) is 0 Å². The molecule has 120 valence electrons. The molecule has 0 fully saturated rings. The molecule has 4 aromatic rings. The van der Waals surface area contributed by atoms with Crippen LogP contribution in [-0.2, 0) is 5.41 Å². The van der Waals surface area contributed by atoms with Crippen LogP contribution < -0.4 is 0 Å². The molecule has 25 heavy (non-hydrogen) atoms. The van der Waals surface area contributed by atoms with Crippen molar-refractivity contribution < 1.29 is 0 Å². The maximum Gasteiger partial charge on any atom is 0.0648 e. The summed E-state index contributed by atoms with van der Waals surface area (Å²) in [5, 5.41) is 1.25. The fourth-order valence-corrected chi connectivity index (χ4v) is 4.47. The Morgan fingerprint density at radius 1 is 0.800 bits per heavy atom. The van der Waals surface area contributed by atoms with Crippen LogP contribution >= 0.6 is 0 Å². The monoisotopic (exact) mass is 321 g/mol. The highest BCUT2D eigenvalue weighted by Crippen LogP contribution is 2.54. The molecule has 0 amide bonds. The summed E-state index contributed by atoms with van der Waals surface area (Å²) >= 11 is 0. The molecule has 1 heteroatoms. The quantitative estimate of drug-likeness (QED) is 0.441. The number of aromatic amines is 1. The fraction of sp³-hybridized carbons (Fsp3) is 0.0833. The van der Waals surface area contributed by atoms with Gasteiger partial charge in [0.15, 0.2) is 0 Å². The summed E-state index contributed by atoms with van der Waals surface area (Å²) in [6, 6.07) is 28.4. The molecule has 0 radical (unpaired) electrons. The molecule has 3 aromatic carbocycles. The van der Waals surface area contributed by atoms with Gasteiger partial charge in [0.05, 0.1) is 5.41 Å². The van der Waals surface area contributed by atoms with Crippen LogP contribution in [-0.4, -0.2) is 4.98 Å². The average molecular weight is 321 g/mol. The minimum absolute atomic E-state index is 0.200. The largest absolute Gasteiger partial charge is 0.357 e. The highest BCUT2D eigenvalue weighted by atomic mass is 14.8. The number of H-pyrrole nitrogens is 1. The average Bonchev–Trinajstić information content (AvgIpc) is 3.21. The summed E-state index contributed by atoms with van der Waals surface area (Å²) in [4.78, 5) is 3.70. The van der Waals surface area contributed by atoms with E-state index in [1.54, 1.807) is 0 Å². The molecule has 0 saturated carbocycles. The van der Waals surface area contributed by atoms with Gasteiger partial charge in [-0.05, 0) is 46.2 Å². The standard InChI is InChI=1S/C24H19N/c1-2-15-24(23-16-17-9-3-8-14-22(17)25-23)20-12-6-4-10-18(20)19-11-5-7-13-21(19)24/h2-14,16,25H,1,15H2. The third kappa shape index (κ3) is 1.84. The van der Waals surface area contributed by atoms with Gasteiger partial charge in [0.2, 0.25) is 0 Å². The zero-order valence-corrected chi connectivity index (χ0v) is 14.0. The Bertz CT molecular complexity index is 1020. The molecular formula is C24H19N. The lowest BCUT2D eigenvalue weighted by molar-refractivity contribution is 0.629. The zero-order valence-electron chi connectivity index (χ0n) is 14.0. The van der Waals surface area contributed by atoms with Gasteiger partial charge in [-0.3, -0.25) is 0 Å². The Kier molecular flexibility index (Phi) is 2.98. The molecule has 0 atom stereocenters. The first kappa shape index (κ1) is 14.3. The number of hydrogen-bond acceptors (Lipinski definition) is 0. The summed E-state index contributed by atoms with van der Waals surface area (Å²) in [6.07, 6.45) is 2.91. The van der Waals surface area contributed by atoms with Crippen molar-refractivity contribution in [1.82, 2.24) is 4.98 Å². The van der Waals surface area contributed by atoms with Crippen LogP contribution in [0.3, 0.4) is 0 Å². The third-order valence-corrected chi connectivity index (χ3v) is 5.50. The SMILES string of the molecule is C=CCC1(c2cc3ccccc3[nH]2)c2ccccc2-c2ccccc21. The van der Waals surface area contributed by atoms with Crippen LogP contribution in [0.15, 0.2) is 91.5 Å². The van der Waals surface area contributed by atoms with Crippen molar-refractivity contribution in [2.24, 2.45) is 0 Å². The summed E-state index contributed by atoms with van der Waals surface area (Å²) < 4.78 is 0. The minimum Gasteiger partial charge on any atom is -0.357 e. The Hall–Kier alpha value is -3.06. The second kappa shape index (κ2) is 5.22. The maximum absolute atomic E-state index is 4.08. The highest BCUT2D eigenvalue weighted by Gasteiger charge is 2.44. The van der Waals surface area contributed by atoms with E-state index in [0.29, 0.717) is 0 Å². The molecule has 0 unspecified atom stereocenters.